The van der Waals surface area contributed by atoms with E-state index >= 15 is 0 Å². The summed E-state index contributed by atoms with van der Waals surface area (Å²) in [5.41, 5.74) is 0.709. The lowest BCUT2D eigenvalue weighted by Gasteiger charge is -2.41. The summed E-state index contributed by atoms with van der Waals surface area (Å²) >= 11 is 0. The molecule has 0 heterocycles. The highest BCUT2D eigenvalue weighted by molar-refractivity contribution is 5.78. The van der Waals surface area contributed by atoms with Crippen LogP contribution in [0.25, 0.3) is 0 Å². The molecule has 1 saturated carbocycles. The van der Waals surface area contributed by atoms with Gasteiger partial charge in [-0.1, -0.05) is 57.2 Å². The molecule has 0 N–H and O–H groups in total. The number of ether oxygens (including phenoxy) is 2. The van der Waals surface area contributed by atoms with E-state index in [0.717, 1.165) is 49.8 Å². The highest BCUT2D eigenvalue weighted by Gasteiger charge is 2.46. The van der Waals surface area contributed by atoms with Gasteiger partial charge in [0, 0.05) is 0 Å². The SMILES string of the molecule is CCCCC(Cc1ccccc1OC)(C(=O)OCC)C1CCCCC1. The zero-order chi connectivity index (χ0) is 18.1. The average Bonchev–Trinajstić information content (AvgIpc) is 2.66. The van der Waals surface area contributed by atoms with Crippen LogP contribution in [0, 0.1) is 11.3 Å². The minimum absolute atomic E-state index is 0.00116. The van der Waals surface area contributed by atoms with Gasteiger partial charge in [0.15, 0.2) is 0 Å². The molecule has 0 aromatic heterocycles. The number of carbonyl (C=O) groups is 1. The Balaban J connectivity index is 2.41. The van der Waals surface area contributed by atoms with E-state index in [9.17, 15) is 4.79 Å². The van der Waals surface area contributed by atoms with E-state index in [-0.39, 0.29) is 5.97 Å². The Labute approximate surface area is 153 Å². The minimum Gasteiger partial charge on any atom is -0.496 e. The quantitative estimate of drug-likeness (QED) is 0.549. The first kappa shape index (κ1) is 19.8. The average molecular weight is 347 g/mol. The second-order valence-corrected chi connectivity index (χ2v) is 7.30. The first-order chi connectivity index (χ1) is 12.2. The fourth-order valence-corrected chi connectivity index (χ4v) is 4.39. The van der Waals surface area contributed by atoms with E-state index < -0.39 is 5.41 Å². The molecule has 0 radical (unpaired) electrons. The standard InChI is InChI=1S/C22H34O3/c1-4-6-16-22(21(23)25-5-2,19-13-8-7-9-14-19)17-18-12-10-11-15-20(18)24-3/h10-12,15,19H,4-9,13-14,16-17H2,1-3H3. The fourth-order valence-electron chi connectivity index (χ4n) is 4.39. The van der Waals surface area contributed by atoms with Crippen LogP contribution in [0.3, 0.4) is 0 Å². The molecule has 3 nitrogen and oxygen atoms in total. The van der Waals surface area contributed by atoms with Gasteiger partial charge in [0.25, 0.3) is 0 Å². The number of methoxy groups -OCH3 is 1. The number of carbonyl (C=O) groups excluding carboxylic acids is 1. The third kappa shape index (κ3) is 4.77. The van der Waals surface area contributed by atoms with Gasteiger partial charge in [0.1, 0.15) is 5.75 Å². The van der Waals surface area contributed by atoms with E-state index in [0.29, 0.717) is 12.5 Å². The lowest BCUT2D eigenvalue weighted by molar-refractivity contribution is -0.161. The summed E-state index contributed by atoms with van der Waals surface area (Å²) in [7, 11) is 1.71. The van der Waals surface area contributed by atoms with Crippen molar-refractivity contribution in [1.82, 2.24) is 0 Å². The normalized spacial score (nSPS) is 17.7. The highest BCUT2D eigenvalue weighted by atomic mass is 16.5. The number of hydrogen-bond acceptors (Lipinski definition) is 3. The molecule has 1 aliphatic carbocycles. The van der Waals surface area contributed by atoms with E-state index in [1.807, 2.05) is 25.1 Å². The molecule has 1 aromatic rings. The van der Waals surface area contributed by atoms with Crippen molar-refractivity contribution in [1.29, 1.82) is 0 Å². The third-order valence-corrected chi connectivity index (χ3v) is 5.74. The Morgan fingerprint density at radius 2 is 1.88 bits per heavy atom. The Kier molecular flexibility index (Phi) is 7.80. The Bertz CT molecular complexity index is 534. The van der Waals surface area contributed by atoms with Gasteiger partial charge < -0.3 is 9.47 Å². The van der Waals surface area contributed by atoms with E-state index in [4.69, 9.17) is 9.47 Å². The molecule has 140 valence electrons. The molecule has 0 amide bonds. The van der Waals surface area contributed by atoms with Crippen molar-refractivity contribution in [2.45, 2.75) is 71.6 Å². The third-order valence-electron chi connectivity index (χ3n) is 5.74. The lowest BCUT2D eigenvalue weighted by Crippen LogP contribution is -2.43. The summed E-state index contributed by atoms with van der Waals surface area (Å²) in [5.74, 6) is 1.29. The molecule has 0 aliphatic heterocycles. The van der Waals surface area contributed by atoms with Crippen molar-refractivity contribution < 1.29 is 14.3 Å². The van der Waals surface area contributed by atoms with Crippen LogP contribution in [0.15, 0.2) is 24.3 Å². The van der Waals surface area contributed by atoms with E-state index in [1.165, 1.54) is 19.3 Å². The first-order valence-electron chi connectivity index (χ1n) is 9.97. The summed E-state index contributed by atoms with van der Waals surface area (Å²) < 4.78 is 11.2. The second-order valence-electron chi connectivity index (χ2n) is 7.30. The van der Waals surface area contributed by atoms with Gasteiger partial charge in [-0.15, -0.1) is 0 Å². The smallest absolute Gasteiger partial charge is 0.312 e. The Hall–Kier alpha value is -1.51. The first-order valence-corrected chi connectivity index (χ1v) is 9.97. The van der Waals surface area contributed by atoms with Crippen LogP contribution in [0.4, 0.5) is 0 Å². The molecular weight excluding hydrogens is 312 g/mol. The van der Waals surface area contributed by atoms with Crippen LogP contribution in [0.5, 0.6) is 5.75 Å². The van der Waals surface area contributed by atoms with Crippen molar-refractivity contribution >= 4 is 5.97 Å². The summed E-state index contributed by atoms with van der Waals surface area (Å²) in [6, 6.07) is 8.11. The number of para-hydroxylation sites is 1. The highest BCUT2D eigenvalue weighted by Crippen LogP contribution is 2.46. The molecule has 1 aromatic carbocycles. The van der Waals surface area contributed by atoms with Gasteiger partial charge in [-0.05, 0) is 50.2 Å². The van der Waals surface area contributed by atoms with Crippen LogP contribution in [-0.2, 0) is 16.0 Å². The molecule has 0 spiro atoms. The predicted molar refractivity (Wildman–Crippen MR) is 102 cm³/mol. The number of unbranched alkanes of at least 4 members (excludes halogenated alkanes) is 1. The van der Waals surface area contributed by atoms with Crippen molar-refractivity contribution in [3.8, 4) is 5.75 Å². The molecule has 1 aliphatic rings. The minimum atomic E-state index is -0.416. The maximum atomic E-state index is 13.2. The Morgan fingerprint density at radius 3 is 2.52 bits per heavy atom. The predicted octanol–water partition coefficient (Wildman–Crippen LogP) is 5.56. The second kappa shape index (κ2) is 9.84. The summed E-state index contributed by atoms with van der Waals surface area (Å²) in [5, 5.41) is 0. The molecular formula is C22H34O3. The largest absolute Gasteiger partial charge is 0.496 e. The van der Waals surface area contributed by atoms with Gasteiger partial charge >= 0.3 is 5.97 Å². The van der Waals surface area contributed by atoms with Gasteiger partial charge in [0.2, 0.25) is 0 Å². The number of benzene rings is 1. The molecule has 0 bridgehead atoms. The van der Waals surface area contributed by atoms with Crippen molar-refractivity contribution in [3.63, 3.8) is 0 Å². The Morgan fingerprint density at radius 1 is 1.16 bits per heavy atom. The van der Waals surface area contributed by atoms with Crippen LogP contribution in [0.2, 0.25) is 0 Å². The zero-order valence-corrected chi connectivity index (χ0v) is 16.2. The van der Waals surface area contributed by atoms with Gasteiger partial charge in [-0.2, -0.15) is 0 Å². The summed E-state index contributed by atoms with van der Waals surface area (Å²) in [6.07, 6.45) is 9.80. The number of rotatable bonds is 9. The van der Waals surface area contributed by atoms with Gasteiger partial charge in [0.05, 0.1) is 19.1 Å². The summed E-state index contributed by atoms with van der Waals surface area (Å²) in [6.45, 7) is 4.55. The molecule has 25 heavy (non-hydrogen) atoms. The number of esters is 1. The monoisotopic (exact) mass is 346 g/mol. The van der Waals surface area contributed by atoms with Crippen LogP contribution in [-0.4, -0.2) is 19.7 Å². The van der Waals surface area contributed by atoms with Crippen LogP contribution < -0.4 is 4.74 Å². The van der Waals surface area contributed by atoms with Crippen molar-refractivity contribution in [3.05, 3.63) is 29.8 Å². The maximum absolute atomic E-state index is 13.2. The van der Waals surface area contributed by atoms with Crippen LogP contribution >= 0.6 is 0 Å². The maximum Gasteiger partial charge on any atom is 0.312 e. The molecule has 1 unspecified atom stereocenters. The fraction of sp³-hybridized carbons (Fsp3) is 0.682. The molecule has 2 rings (SSSR count). The summed E-state index contributed by atoms with van der Waals surface area (Å²) in [4.78, 5) is 13.2. The number of hydrogen-bond donors (Lipinski definition) is 0. The molecule has 3 heteroatoms. The van der Waals surface area contributed by atoms with E-state index in [2.05, 4.69) is 13.0 Å². The van der Waals surface area contributed by atoms with Gasteiger partial charge in [-0.25, -0.2) is 0 Å². The zero-order valence-electron chi connectivity index (χ0n) is 16.2. The van der Waals surface area contributed by atoms with Crippen molar-refractivity contribution in [2.75, 3.05) is 13.7 Å². The topological polar surface area (TPSA) is 35.5 Å². The van der Waals surface area contributed by atoms with Crippen LogP contribution in [0.1, 0.15) is 70.8 Å². The molecule has 0 saturated heterocycles. The lowest BCUT2D eigenvalue weighted by atomic mass is 9.63. The molecule has 1 fully saturated rings. The van der Waals surface area contributed by atoms with Gasteiger partial charge in [-0.3, -0.25) is 4.79 Å². The van der Waals surface area contributed by atoms with E-state index in [1.54, 1.807) is 7.11 Å². The molecule has 1 atom stereocenters. The van der Waals surface area contributed by atoms with Crippen molar-refractivity contribution in [2.24, 2.45) is 11.3 Å².